The zero-order valence-corrected chi connectivity index (χ0v) is 11.3. The van der Waals surface area contributed by atoms with Gasteiger partial charge in [-0.3, -0.25) is 4.98 Å². The minimum atomic E-state index is 0.440. The van der Waals surface area contributed by atoms with Crippen molar-refractivity contribution in [2.75, 3.05) is 7.05 Å². The molecule has 1 N–H and O–H groups in total. The van der Waals surface area contributed by atoms with Crippen molar-refractivity contribution in [1.29, 1.82) is 0 Å². The molecule has 2 rings (SSSR count). The van der Waals surface area contributed by atoms with Crippen LogP contribution in [-0.4, -0.2) is 12.0 Å². The van der Waals surface area contributed by atoms with Gasteiger partial charge in [-0.2, -0.15) is 0 Å². The molecule has 2 nitrogen and oxygen atoms in total. The molecular formula is C16H20N2. The first-order valence-electron chi connectivity index (χ1n) is 6.44. The van der Waals surface area contributed by atoms with Gasteiger partial charge in [0.15, 0.2) is 0 Å². The molecule has 0 spiro atoms. The van der Waals surface area contributed by atoms with E-state index >= 15 is 0 Å². The van der Waals surface area contributed by atoms with Crippen molar-refractivity contribution in [3.8, 4) is 11.1 Å². The van der Waals surface area contributed by atoms with E-state index < -0.39 is 0 Å². The Labute approximate surface area is 109 Å². The molecule has 0 radical (unpaired) electrons. The molecule has 18 heavy (non-hydrogen) atoms. The predicted molar refractivity (Wildman–Crippen MR) is 76.5 cm³/mol. The number of hydrogen-bond donors (Lipinski definition) is 1. The average molecular weight is 240 g/mol. The third kappa shape index (κ3) is 2.77. The Balaban J connectivity index is 2.27. The number of aromatic nitrogens is 1. The Bertz CT molecular complexity index is 499. The zero-order valence-electron chi connectivity index (χ0n) is 11.3. The van der Waals surface area contributed by atoms with E-state index in [-0.39, 0.29) is 0 Å². The molecular weight excluding hydrogens is 220 g/mol. The molecule has 1 unspecified atom stereocenters. The van der Waals surface area contributed by atoms with E-state index in [1.807, 2.05) is 19.4 Å². The third-order valence-corrected chi connectivity index (χ3v) is 3.28. The number of rotatable bonds is 4. The molecule has 0 aliphatic rings. The van der Waals surface area contributed by atoms with E-state index in [1.54, 1.807) is 0 Å². The summed E-state index contributed by atoms with van der Waals surface area (Å²) in [5, 5.41) is 3.32. The molecule has 0 amide bonds. The summed E-state index contributed by atoms with van der Waals surface area (Å²) in [6.07, 6.45) is 4.89. The van der Waals surface area contributed by atoms with Gasteiger partial charge in [-0.05, 0) is 43.1 Å². The molecule has 0 aliphatic carbocycles. The van der Waals surface area contributed by atoms with Crippen LogP contribution in [0.4, 0.5) is 0 Å². The van der Waals surface area contributed by atoms with Crippen LogP contribution in [0.5, 0.6) is 0 Å². The number of nitrogens with zero attached hydrogens (tertiary/aromatic N) is 1. The van der Waals surface area contributed by atoms with Gasteiger partial charge in [-0.1, -0.05) is 31.2 Å². The van der Waals surface area contributed by atoms with Gasteiger partial charge in [-0.25, -0.2) is 0 Å². The van der Waals surface area contributed by atoms with Gasteiger partial charge in [0.25, 0.3) is 0 Å². The Kier molecular flexibility index (Phi) is 4.11. The van der Waals surface area contributed by atoms with Crippen LogP contribution >= 0.6 is 0 Å². The molecule has 0 saturated carbocycles. The number of benzene rings is 1. The standard InChI is InChI=1S/C16H20N2/c1-4-16(17-3)14-7-5-13(6-8-14)15-9-12(2)10-18-11-15/h5-11,16-17H,4H2,1-3H3. The van der Waals surface area contributed by atoms with Gasteiger partial charge in [-0.15, -0.1) is 0 Å². The fourth-order valence-electron chi connectivity index (χ4n) is 2.23. The first-order chi connectivity index (χ1) is 8.74. The van der Waals surface area contributed by atoms with Crippen molar-refractivity contribution < 1.29 is 0 Å². The highest BCUT2D eigenvalue weighted by atomic mass is 14.9. The SMILES string of the molecule is CCC(NC)c1ccc(-c2cncc(C)c2)cc1. The van der Waals surface area contributed by atoms with Crippen LogP contribution in [0, 0.1) is 6.92 Å². The van der Waals surface area contributed by atoms with Crippen molar-refractivity contribution in [3.05, 3.63) is 53.9 Å². The van der Waals surface area contributed by atoms with Crippen LogP contribution in [0.1, 0.15) is 30.5 Å². The van der Waals surface area contributed by atoms with Crippen molar-refractivity contribution in [1.82, 2.24) is 10.3 Å². The van der Waals surface area contributed by atoms with Gasteiger partial charge >= 0.3 is 0 Å². The molecule has 1 atom stereocenters. The lowest BCUT2D eigenvalue weighted by molar-refractivity contribution is 0.577. The first kappa shape index (κ1) is 12.8. The van der Waals surface area contributed by atoms with Crippen molar-refractivity contribution in [2.24, 2.45) is 0 Å². The molecule has 2 heteroatoms. The molecule has 1 aromatic carbocycles. The first-order valence-corrected chi connectivity index (χ1v) is 6.44. The van der Waals surface area contributed by atoms with Crippen LogP contribution in [-0.2, 0) is 0 Å². The minimum absolute atomic E-state index is 0.440. The molecule has 0 fully saturated rings. The molecule has 0 aliphatic heterocycles. The monoisotopic (exact) mass is 240 g/mol. The van der Waals surface area contributed by atoms with E-state index in [4.69, 9.17) is 0 Å². The van der Waals surface area contributed by atoms with E-state index in [1.165, 1.54) is 22.3 Å². The number of hydrogen-bond acceptors (Lipinski definition) is 2. The maximum absolute atomic E-state index is 4.24. The highest BCUT2D eigenvalue weighted by molar-refractivity contribution is 5.63. The Morgan fingerprint density at radius 1 is 1.11 bits per heavy atom. The summed E-state index contributed by atoms with van der Waals surface area (Å²) in [5.41, 5.74) is 4.93. The minimum Gasteiger partial charge on any atom is -0.313 e. The maximum Gasteiger partial charge on any atom is 0.0346 e. The summed E-state index contributed by atoms with van der Waals surface area (Å²) in [6, 6.07) is 11.3. The molecule has 94 valence electrons. The van der Waals surface area contributed by atoms with Crippen LogP contribution in [0.15, 0.2) is 42.7 Å². The predicted octanol–water partition coefficient (Wildman–Crippen LogP) is 3.73. The average Bonchev–Trinajstić information content (AvgIpc) is 2.41. The largest absolute Gasteiger partial charge is 0.313 e. The highest BCUT2D eigenvalue weighted by Gasteiger charge is 2.06. The second-order valence-electron chi connectivity index (χ2n) is 4.62. The number of aryl methyl sites for hydroxylation is 1. The van der Waals surface area contributed by atoms with Gasteiger partial charge < -0.3 is 5.32 Å². The normalized spacial score (nSPS) is 12.4. The second-order valence-corrected chi connectivity index (χ2v) is 4.62. The molecule has 0 saturated heterocycles. The van der Waals surface area contributed by atoms with Gasteiger partial charge in [0, 0.05) is 24.0 Å². The summed E-state index contributed by atoms with van der Waals surface area (Å²) in [6.45, 7) is 4.26. The van der Waals surface area contributed by atoms with Crippen LogP contribution in [0.25, 0.3) is 11.1 Å². The van der Waals surface area contributed by atoms with E-state index in [0.29, 0.717) is 6.04 Å². The van der Waals surface area contributed by atoms with Gasteiger partial charge in [0.05, 0.1) is 0 Å². The summed E-state index contributed by atoms with van der Waals surface area (Å²) < 4.78 is 0. The van der Waals surface area contributed by atoms with Crippen LogP contribution in [0.3, 0.4) is 0 Å². The van der Waals surface area contributed by atoms with Gasteiger partial charge in [0.2, 0.25) is 0 Å². The van der Waals surface area contributed by atoms with Gasteiger partial charge in [0.1, 0.15) is 0 Å². The third-order valence-electron chi connectivity index (χ3n) is 3.28. The second kappa shape index (κ2) is 5.78. The zero-order chi connectivity index (χ0) is 13.0. The van der Waals surface area contributed by atoms with Crippen molar-refractivity contribution in [2.45, 2.75) is 26.3 Å². The lowest BCUT2D eigenvalue weighted by atomic mass is 10.00. The maximum atomic E-state index is 4.24. The lowest BCUT2D eigenvalue weighted by Crippen LogP contribution is -2.14. The van der Waals surface area contributed by atoms with Crippen molar-refractivity contribution in [3.63, 3.8) is 0 Å². The van der Waals surface area contributed by atoms with E-state index in [0.717, 1.165) is 6.42 Å². The molecule has 1 heterocycles. The number of pyridine rings is 1. The highest BCUT2D eigenvalue weighted by Crippen LogP contribution is 2.23. The lowest BCUT2D eigenvalue weighted by Gasteiger charge is -2.14. The summed E-state index contributed by atoms with van der Waals surface area (Å²) in [5.74, 6) is 0. The molecule has 2 aromatic rings. The van der Waals surface area contributed by atoms with Crippen LogP contribution in [0.2, 0.25) is 0 Å². The van der Waals surface area contributed by atoms with E-state index in [9.17, 15) is 0 Å². The Morgan fingerprint density at radius 3 is 2.39 bits per heavy atom. The quantitative estimate of drug-likeness (QED) is 0.881. The summed E-state index contributed by atoms with van der Waals surface area (Å²) in [4.78, 5) is 4.24. The fraction of sp³-hybridized carbons (Fsp3) is 0.312. The fourth-order valence-corrected chi connectivity index (χ4v) is 2.23. The Morgan fingerprint density at radius 2 is 1.83 bits per heavy atom. The van der Waals surface area contributed by atoms with Crippen LogP contribution < -0.4 is 5.32 Å². The summed E-state index contributed by atoms with van der Waals surface area (Å²) in [7, 11) is 2.01. The number of nitrogens with one attached hydrogen (secondary N) is 1. The van der Waals surface area contributed by atoms with Crippen molar-refractivity contribution >= 4 is 0 Å². The Hall–Kier alpha value is -1.67. The summed E-state index contributed by atoms with van der Waals surface area (Å²) >= 11 is 0. The molecule has 0 bridgehead atoms. The topological polar surface area (TPSA) is 24.9 Å². The van der Waals surface area contributed by atoms with E-state index in [2.05, 4.69) is 54.5 Å². The smallest absolute Gasteiger partial charge is 0.0346 e. The molecule has 1 aromatic heterocycles.